The Morgan fingerprint density at radius 1 is 1.19 bits per heavy atom. The number of ether oxygens (including phenoxy) is 1. The third-order valence-electron chi connectivity index (χ3n) is 3.10. The van der Waals surface area contributed by atoms with E-state index in [4.69, 9.17) is 20.5 Å². The van der Waals surface area contributed by atoms with E-state index in [1.807, 2.05) is 0 Å². The molecule has 1 aromatic carbocycles. The summed E-state index contributed by atoms with van der Waals surface area (Å²) in [4.78, 5) is 7.63. The largest absolute Gasteiger partial charge is 0.420 e. The Kier molecular flexibility index (Phi) is 6.65. The molecular formula is C15H14ClF3N2O4S. The fourth-order valence-electron chi connectivity index (χ4n) is 1.82. The Morgan fingerprint density at radius 2 is 1.85 bits per heavy atom. The van der Waals surface area contributed by atoms with E-state index in [1.54, 1.807) is 19.1 Å². The zero-order valence-electron chi connectivity index (χ0n) is 13.4. The predicted octanol–water partition coefficient (Wildman–Crippen LogP) is 3.93. The number of hydrogen-bond acceptors (Lipinski definition) is 6. The molecule has 0 aliphatic carbocycles. The lowest BCUT2D eigenvalue weighted by Gasteiger charge is -2.14. The lowest BCUT2D eigenvalue weighted by atomic mass is 10.2. The third-order valence-corrected chi connectivity index (χ3v) is 4.45. The maximum Gasteiger partial charge on any atom is 0.322 e. The lowest BCUT2D eigenvalue weighted by Crippen LogP contribution is -2.21. The molecule has 11 heteroatoms. The number of nitrogens with zero attached hydrogens (tertiary/aromatic N) is 2. The topological polar surface area (TPSA) is 78.4 Å². The number of benzene rings is 1. The maximum atomic E-state index is 13.0. The summed E-state index contributed by atoms with van der Waals surface area (Å²) in [6, 6.07) is 4.43. The van der Waals surface area contributed by atoms with Crippen LogP contribution in [0.2, 0.25) is 5.02 Å². The molecule has 1 atom stereocenters. The van der Waals surface area contributed by atoms with Crippen LogP contribution in [0.25, 0.3) is 0 Å². The minimum atomic E-state index is -4.32. The number of aryl methyl sites for hydroxylation is 1. The molecule has 142 valence electrons. The molecule has 1 heterocycles. The summed E-state index contributed by atoms with van der Waals surface area (Å²) in [7, 11) is -4.32. The average molecular weight is 411 g/mol. The monoisotopic (exact) mass is 410 g/mol. The average Bonchev–Trinajstić information content (AvgIpc) is 2.58. The van der Waals surface area contributed by atoms with Crippen molar-refractivity contribution in [2.45, 2.75) is 25.9 Å². The van der Waals surface area contributed by atoms with Crippen molar-refractivity contribution in [3.05, 3.63) is 41.2 Å². The minimum Gasteiger partial charge on any atom is -0.420 e. The van der Waals surface area contributed by atoms with E-state index >= 15 is 0 Å². The van der Waals surface area contributed by atoms with Gasteiger partial charge in [0, 0.05) is 6.42 Å². The smallest absolute Gasteiger partial charge is 0.322 e. The predicted molar refractivity (Wildman–Crippen MR) is 88.2 cm³/mol. The van der Waals surface area contributed by atoms with Crippen molar-refractivity contribution in [2.75, 3.05) is 5.75 Å². The summed E-state index contributed by atoms with van der Waals surface area (Å²) in [5.41, 5.74) is 0.394. The molecule has 0 fully saturated rings. The number of halogens is 4. The van der Waals surface area contributed by atoms with Crippen LogP contribution >= 0.6 is 11.6 Å². The number of aromatic nitrogens is 2. The van der Waals surface area contributed by atoms with Gasteiger partial charge in [-0.1, -0.05) is 23.7 Å². The molecule has 2 aromatic rings. The van der Waals surface area contributed by atoms with Gasteiger partial charge in [0.2, 0.25) is 0 Å². The van der Waals surface area contributed by atoms with Crippen molar-refractivity contribution in [3.63, 3.8) is 0 Å². The maximum absolute atomic E-state index is 13.0. The van der Waals surface area contributed by atoms with Gasteiger partial charge in [-0.15, -0.1) is 0 Å². The first-order valence-electron chi connectivity index (χ1n) is 7.27. The van der Waals surface area contributed by atoms with E-state index in [0.717, 1.165) is 0 Å². The van der Waals surface area contributed by atoms with Crippen LogP contribution in [-0.4, -0.2) is 36.7 Å². The van der Waals surface area contributed by atoms with Crippen molar-refractivity contribution >= 4 is 21.7 Å². The first kappa shape index (κ1) is 20.2. The van der Waals surface area contributed by atoms with E-state index in [2.05, 4.69) is 9.97 Å². The highest BCUT2D eigenvalue weighted by Gasteiger charge is 2.25. The highest BCUT2D eigenvalue weighted by Crippen LogP contribution is 2.34. The van der Waals surface area contributed by atoms with Crippen LogP contribution in [-0.2, 0) is 10.1 Å². The number of alkyl halides is 3. The van der Waals surface area contributed by atoms with Crippen molar-refractivity contribution in [1.82, 2.24) is 9.97 Å². The van der Waals surface area contributed by atoms with Crippen molar-refractivity contribution in [2.24, 2.45) is 0 Å². The third kappa shape index (κ3) is 5.73. The van der Waals surface area contributed by atoms with E-state index < -0.39 is 34.9 Å². The van der Waals surface area contributed by atoms with Crippen molar-refractivity contribution in [1.29, 1.82) is 0 Å². The van der Waals surface area contributed by atoms with Gasteiger partial charge in [-0.2, -0.15) is 8.42 Å². The van der Waals surface area contributed by atoms with Gasteiger partial charge in [-0.05, 0) is 18.6 Å². The normalized spacial score (nSPS) is 12.8. The van der Waals surface area contributed by atoms with Gasteiger partial charge in [0.1, 0.15) is 0 Å². The van der Waals surface area contributed by atoms with E-state index in [1.165, 1.54) is 18.5 Å². The molecule has 0 bridgehead atoms. The molecule has 0 N–H and O–H groups in total. The van der Waals surface area contributed by atoms with Gasteiger partial charge in [0.25, 0.3) is 6.43 Å². The summed E-state index contributed by atoms with van der Waals surface area (Å²) >= 11 is 5.67. The Labute approximate surface area is 153 Å². The summed E-state index contributed by atoms with van der Waals surface area (Å²) < 4.78 is 71.6. The van der Waals surface area contributed by atoms with Gasteiger partial charge in [0.15, 0.2) is 17.7 Å². The van der Waals surface area contributed by atoms with Crippen LogP contribution in [0.1, 0.15) is 12.0 Å². The quantitative estimate of drug-likeness (QED) is 0.613. The molecule has 0 spiro atoms. The number of rotatable bonds is 8. The molecule has 1 unspecified atom stereocenters. The summed E-state index contributed by atoms with van der Waals surface area (Å²) in [5, 5.41) is 0.278. The second-order valence-electron chi connectivity index (χ2n) is 5.17. The van der Waals surface area contributed by atoms with Crippen molar-refractivity contribution < 1.29 is 30.5 Å². The molecule has 1 aromatic heterocycles. The first-order chi connectivity index (χ1) is 12.2. The lowest BCUT2D eigenvalue weighted by molar-refractivity contribution is 0.0484. The number of para-hydroxylation sites is 1. The second kappa shape index (κ2) is 8.54. The Morgan fingerprint density at radius 3 is 2.46 bits per heavy atom. The molecule has 2 rings (SSSR count). The van der Waals surface area contributed by atoms with Crippen molar-refractivity contribution in [3.8, 4) is 17.5 Å². The van der Waals surface area contributed by atoms with Crippen LogP contribution in [0.4, 0.5) is 13.2 Å². The van der Waals surface area contributed by atoms with Crippen LogP contribution in [0, 0.1) is 6.92 Å². The van der Waals surface area contributed by atoms with E-state index in [-0.39, 0.29) is 22.5 Å². The molecular weight excluding hydrogens is 397 g/mol. The molecule has 0 saturated heterocycles. The Hall–Kier alpha value is -2.07. The van der Waals surface area contributed by atoms with Gasteiger partial charge in [-0.3, -0.25) is 0 Å². The highest BCUT2D eigenvalue weighted by molar-refractivity contribution is 7.87. The van der Waals surface area contributed by atoms with Crippen LogP contribution in [0.15, 0.2) is 30.6 Å². The SMILES string of the molecule is Cc1cccc(Oc2ncc(Cl)cn2)c1OS(=O)(=O)CCC(F)C(F)F. The second-order valence-corrected chi connectivity index (χ2v) is 7.30. The van der Waals surface area contributed by atoms with Crippen LogP contribution in [0.5, 0.6) is 17.5 Å². The van der Waals surface area contributed by atoms with E-state index in [0.29, 0.717) is 5.56 Å². The Balaban J connectivity index is 2.19. The Bertz CT molecular complexity index is 850. The first-order valence-corrected chi connectivity index (χ1v) is 9.23. The molecule has 0 saturated carbocycles. The minimum absolute atomic E-state index is 0.0124. The van der Waals surface area contributed by atoms with E-state index in [9.17, 15) is 21.6 Å². The molecule has 0 aliphatic rings. The number of hydrogen-bond donors (Lipinski definition) is 0. The van der Waals surface area contributed by atoms with Crippen LogP contribution in [0.3, 0.4) is 0 Å². The summed E-state index contributed by atoms with van der Waals surface area (Å²) in [6.45, 7) is 1.55. The zero-order chi connectivity index (χ0) is 19.3. The van der Waals surface area contributed by atoms with Crippen LogP contribution < -0.4 is 8.92 Å². The van der Waals surface area contributed by atoms with Gasteiger partial charge in [0.05, 0.1) is 23.2 Å². The molecule has 0 amide bonds. The highest BCUT2D eigenvalue weighted by atomic mass is 35.5. The van der Waals surface area contributed by atoms with Gasteiger partial charge in [-0.25, -0.2) is 23.1 Å². The standard InChI is InChI=1S/C15H14ClF3N2O4S/c1-9-3-2-4-12(24-15-20-7-10(16)8-21-15)13(9)25-26(22,23)6-5-11(17)14(18)19/h2-4,7-8,11,14H,5-6H2,1H3. The zero-order valence-corrected chi connectivity index (χ0v) is 15.0. The fourth-order valence-corrected chi connectivity index (χ4v) is 2.98. The molecule has 0 radical (unpaired) electrons. The molecule has 6 nitrogen and oxygen atoms in total. The fraction of sp³-hybridized carbons (Fsp3) is 0.333. The molecule has 26 heavy (non-hydrogen) atoms. The van der Waals surface area contributed by atoms with Gasteiger partial charge < -0.3 is 8.92 Å². The summed E-state index contributed by atoms with van der Waals surface area (Å²) in [5.74, 6) is -1.09. The van der Waals surface area contributed by atoms with Gasteiger partial charge >= 0.3 is 16.1 Å². The molecule has 0 aliphatic heterocycles. The summed E-state index contributed by atoms with van der Waals surface area (Å²) in [6.07, 6.45) is -4.14.